The van der Waals surface area contributed by atoms with E-state index in [0.717, 1.165) is 19.4 Å². The van der Waals surface area contributed by atoms with Crippen LogP contribution in [-0.4, -0.2) is 17.5 Å². The lowest BCUT2D eigenvalue weighted by atomic mass is 10.0. The topological polar surface area (TPSA) is 12.0 Å². The van der Waals surface area contributed by atoms with Gasteiger partial charge in [0.25, 0.3) is 0 Å². The van der Waals surface area contributed by atoms with E-state index in [-0.39, 0.29) is 16.9 Å². The molecule has 5 heteroatoms. The molecule has 0 fully saturated rings. The summed E-state index contributed by atoms with van der Waals surface area (Å²) in [6.07, 6.45) is 4.14. The van der Waals surface area contributed by atoms with Gasteiger partial charge >= 0.3 is 0 Å². The molecule has 0 amide bonds. The van der Waals surface area contributed by atoms with E-state index < -0.39 is 11.6 Å². The summed E-state index contributed by atoms with van der Waals surface area (Å²) in [5, 5.41) is 3.18. The summed E-state index contributed by atoms with van der Waals surface area (Å²) in [5.41, 5.74) is 0.0941. The van der Waals surface area contributed by atoms with Crippen LogP contribution in [0.25, 0.3) is 0 Å². The fraction of sp³-hybridized carbons (Fsp3) is 0.571. The zero-order valence-electron chi connectivity index (χ0n) is 11.5. The van der Waals surface area contributed by atoms with E-state index in [2.05, 4.69) is 41.3 Å². The van der Waals surface area contributed by atoms with Gasteiger partial charge in [-0.2, -0.15) is 11.8 Å². The van der Waals surface area contributed by atoms with Crippen LogP contribution in [0.3, 0.4) is 0 Å². The van der Waals surface area contributed by atoms with Crippen molar-refractivity contribution in [1.82, 2.24) is 5.32 Å². The highest BCUT2D eigenvalue weighted by Gasteiger charge is 2.24. The first-order chi connectivity index (χ1) is 8.99. The minimum Gasteiger partial charge on any atom is -0.311 e. The molecule has 0 aromatic heterocycles. The van der Waals surface area contributed by atoms with Crippen LogP contribution < -0.4 is 5.32 Å². The molecule has 0 radical (unpaired) electrons. The average Bonchev–Trinajstić information content (AvgIpc) is 2.43. The fourth-order valence-electron chi connectivity index (χ4n) is 2.01. The Kier molecular flexibility index (Phi) is 6.77. The van der Waals surface area contributed by atoms with Gasteiger partial charge in [-0.25, -0.2) is 8.78 Å². The Morgan fingerprint density at radius 2 is 1.89 bits per heavy atom. The number of hydrogen-bond donors (Lipinski definition) is 1. The van der Waals surface area contributed by atoms with Gasteiger partial charge in [0, 0.05) is 23.4 Å². The predicted octanol–water partition coefficient (Wildman–Crippen LogP) is 4.74. The van der Waals surface area contributed by atoms with E-state index >= 15 is 0 Å². The first-order valence-electron chi connectivity index (χ1n) is 6.38. The van der Waals surface area contributed by atoms with Crippen molar-refractivity contribution < 1.29 is 8.78 Å². The van der Waals surface area contributed by atoms with E-state index in [1.165, 1.54) is 12.1 Å². The third-order valence-electron chi connectivity index (χ3n) is 3.61. The molecule has 0 atom stereocenters. The van der Waals surface area contributed by atoms with E-state index in [9.17, 15) is 8.78 Å². The van der Waals surface area contributed by atoms with Crippen molar-refractivity contribution >= 4 is 27.7 Å². The van der Waals surface area contributed by atoms with Crippen molar-refractivity contribution in [2.75, 3.05) is 12.8 Å². The van der Waals surface area contributed by atoms with Crippen LogP contribution in [0, 0.1) is 11.6 Å². The predicted molar refractivity (Wildman–Crippen MR) is 82.6 cm³/mol. The number of thioether (sulfide) groups is 1. The first kappa shape index (κ1) is 16.9. The molecule has 0 aliphatic rings. The molecule has 1 nitrogen and oxygen atoms in total. The first-order valence-corrected chi connectivity index (χ1v) is 8.39. The zero-order valence-corrected chi connectivity index (χ0v) is 13.9. The molecule has 0 aliphatic heterocycles. The summed E-state index contributed by atoms with van der Waals surface area (Å²) >= 11 is 4.88. The number of rotatable bonds is 7. The second-order valence-corrected chi connectivity index (χ2v) is 6.65. The van der Waals surface area contributed by atoms with Gasteiger partial charge in [-0.15, -0.1) is 0 Å². The van der Waals surface area contributed by atoms with Gasteiger partial charge in [-0.1, -0.05) is 13.8 Å². The van der Waals surface area contributed by atoms with Crippen LogP contribution in [0.5, 0.6) is 0 Å². The lowest BCUT2D eigenvalue weighted by Gasteiger charge is -2.30. The van der Waals surface area contributed by atoms with Crippen LogP contribution >= 0.6 is 27.7 Å². The monoisotopic (exact) mass is 351 g/mol. The summed E-state index contributed by atoms with van der Waals surface area (Å²) in [7, 11) is 0. The van der Waals surface area contributed by atoms with Crippen molar-refractivity contribution in [2.24, 2.45) is 0 Å². The Morgan fingerprint density at radius 3 is 2.42 bits per heavy atom. The van der Waals surface area contributed by atoms with Crippen LogP contribution in [0.2, 0.25) is 0 Å². The molecule has 1 aromatic rings. The maximum Gasteiger partial charge on any atom is 0.144 e. The molecule has 108 valence electrons. The Bertz CT molecular complexity index is 414. The lowest BCUT2D eigenvalue weighted by Crippen LogP contribution is -2.36. The largest absolute Gasteiger partial charge is 0.311 e. The minimum atomic E-state index is -0.518. The molecule has 0 aliphatic carbocycles. The molecule has 1 N–H and O–H groups in total. The highest BCUT2D eigenvalue weighted by atomic mass is 79.9. The van der Waals surface area contributed by atoms with Crippen LogP contribution in [-0.2, 0) is 6.54 Å². The van der Waals surface area contributed by atoms with Crippen molar-refractivity contribution in [3.63, 3.8) is 0 Å². The number of halogens is 3. The van der Waals surface area contributed by atoms with E-state index in [0.29, 0.717) is 4.47 Å². The van der Waals surface area contributed by atoms with Gasteiger partial charge in [-0.3, -0.25) is 0 Å². The number of hydrogen-bond acceptors (Lipinski definition) is 2. The SMILES string of the molecule is CCC(CC)(CNCc1c(F)ccc(Br)c1F)SC. The Morgan fingerprint density at radius 1 is 1.26 bits per heavy atom. The normalized spacial score (nSPS) is 11.9. The van der Waals surface area contributed by atoms with Crippen LogP contribution in [0.15, 0.2) is 16.6 Å². The highest BCUT2D eigenvalue weighted by molar-refractivity contribution is 9.10. The van der Waals surface area contributed by atoms with Crippen molar-refractivity contribution in [2.45, 2.75) is 38.0 Å². The second kappa shape index (κ2) is 7.60. The highest BCUT2D eigenvalue weighted by Crippen LogP contribution is 2.30. The third kappa shape index (κ3) is 4.17. The van der Waals surface area contributed by atoms with Gasteiger partial charge in [-0.05, 0) is 47.2 Å². The molecule has 0 heterocycles. The Labute approximate surface area is 126 Å². The Hall–Kier alpha value is -0.130. The second-order valence-electron chi connectivity index (χ2n) is 4.52. The van der Waals surface area contributed by atoms with Crippen molar-refractivity contribution in [1.29, 1.82) is 0 Å². The van der Waals surface area contributed by atoms with E-state index in [1.54, 1.807) is 11.8 Å². The smallest absolute Gasteiger partial charge is 0.144 e. The molecule has 0 bridgehead atoms. The third-order valence-corrected chi connectivity index (χ3v) is 5.81. The molecule has 0 spiro atoms. The van der Waals surface area contributed by atoms with Gasteiger partial charge in [0.15, 0.2) is 0 Å². The summed E-state index contributed by atoms with van der Waals surface area (Å²) in [4.78, 5) is 0. The van der Waals surface area contributed by atoms with Crippen molar-refractivity contribution in [3.8, 4) is 0 Å². The lowest BCUT2D eigenvalue weighted by molar-refractivity contribution is 0.476. The average molecular weight is 352 g/mol. The standard InChI is InChI=1S/C14H20BrF2NS/c1-4-14(5-2,19-3)9-18-8-10-12(16)7-6-11(15)13(10)17/h6-7,18H,4-5,8-9H2,1-3H3. The molecule has 0 saturated carbocycles. The summed E-state index contributed by atoms with van der Waals surface area (Å²) in [5.74, 6) is -1.02. The molecule has 19 heavy (non-hydrogen) atoms. The number of benzene rings is 1. The Balaban J connectivity index is 2.70. The maximum absolute atomic E-state index is 13.8. The molecule has 1 aromatic carbocycles. The summed E-state index contributed by atoms with van der Waals surface area (Å²) in [6, 6.07) is 2.67. The maximum atomic E-state index is 13.8. The van der Waals surface area contributed by atoms with Crippen molar-refractivity contribution in [3.05, 3.63) is 33.8 Å². The quantitative estimate of drug-likeness (QED) is 0.712. The van der Waals surface area contributed by atoms with Gasteiger partial charge in [0.05, 0.1) is 4.47 Å². The van der Waals surface area contributed by atoms with E-state index in [1.807, 2.05) is 0 Å². The fourth-order valence-corrected chi connectivity index (χ4v) is 3.20. The van der Waals surface area contributed by atoms with E-state index in [4.69, 9.17) is 0 Å². The minimum absolute atomic E-state index is 0.0941. The zero-order chi connectivity index (χ0) is 14.5. The number of nitrogens with one attached hydrogen (secondary N) is 1. The van der Waals surface area contributed by atoms with Crippen LogP contribution in [0.4, 0.5) is 8.78 Å². The molecular weight excluding hydrogens is 332 g/mol. The van der Waals surface area contributed by atoms with Crippen LogP contribution in [0.1, 0.15) is 32.3 Å². The molecular formula is C14H20BrF2NS. The summed E-state index contributed by atoms with van der Waals surface area (Å²) < 4.78 is 27.8. The molecule has 1 rings (SSSR count). The molecule has 0 saturated heterocycles. The van der Waals surface area contributed by atoms with Gasteiger partial charge in [0.1, 0.15) is 11.6 Å². The van der Waals surface area contributed by atoms with Gasteiger partial charge < -0.3 is 5.32 Å². The molecule has 0 unspecified atom stereocenters. The van der Waals surface area contributed by atoms with Gasteiger partial charge in [0.2, 0.25) is 0 Å². The summed E-state index contributed by atoms with van der Waals surface area (Å²) in [6.45, 7) is 5.23.